The summed E-state index contributed by atoms with van der Waals surface area (Å²) in [4.78, 5) is 29.2. The number of rotatable bonds is 4. The molecule has 1 amide bonds. The van der Waals surface area contributed by atoms with Crippen molar-refractivity contribution < 1.29 is 9.21 Å². The minimum atomic E-state index is -0.487. The Hall–Kier alpha value is -3.66. The van der Waals surface area contributed by atoms with Crippen molar-refractivity contribution in [2.75, 3.05) is 11.1 Å². The summed E-state index contributed by atoms with van der Waals surface area (Å²) in [6.07, 6.45) is 4.53. The van der Waals surface area contributed by atoms with E-state index in [-0.39, 0.29) is 11.1 Å². The number of amides is 1. The highest BCUT2D eigenvalue weighted by atomic mass is 32.2. The number of hydrogen-bond acceptors (Lipinski definition) is 7. The Labute approximate surface area is 168 Å². The van der Waals surface area contributed by atoms with Gasteiger partial charge in [-0.3, -0.25) is 14.2 Å². The molecule has 144 valence electrons. The van der Waals surface area contributed by atoms with Crippen LogP contribution in [-0.2, 0) is 6.54 Å². The summed E-state index contributed by atoms with van der Waals surface area (Å²) in [5.74, 6) is 0.950. The monoisotopic (exact) mass is 406 g/mol. The third kappa shape index (κ3) is 3.13. The van der Waals surface area contributed by atoms with Gasteiger partial charge in [0.05, 0.1) is 18.1 Å². The predicted molar refractivity (Wildman–Crippen MR) is 106 cm³/mol. The van der Waals surface area contributed by atoms with E-state index in [1.54, 1.807) is 47.5 Å². The van der Waals surface area contributed by atoms with Crippen molar-refractivity contribution in [3.05, 3.63) is 71.0 Å². The molecule has 29 heavy (non-hydrogen) atoms. The highest BCUT2D eigenvalue weighted by Crippen LogP contribution is 2.23. The van der Waals surface area contributed by atoms with E-state index in [9.17, 15) is 9.59 Å². The third-order valence-corrected chi connectivity index (χ3v) is 5.46. The van der Waals surface area contributed by atoms with Crippen LogP contribution < -0.4 is 10.9 Å². The third-order valence-electron chi connectivity index (χ3n) is 4.49. The number of nitrogens with one attached hydrogen (secondary N) is 1. The Morgan fingerprint density at radius 2 is 2.03 bits per heavy atom. The molecule has 0 radical (unpaired) electrons. The van der Waals surface area contributed by atoms with Crippen LogP contribution in [0.2, 0.25) is 0 Å². The molecule has 1 aliphatic heterocycles. The van der Waals surface area contributed by atoms with E-state index < -0.39 is 5.91 Å². The topological polar surface area (TPSA) is 108 Å². The van der Waals surface area contributed by atoms with Crippen LogP contribution in [0.15, 0.2) is 69.4 Å². The number of nitrogens with zero attached hydrogens (tertiary/aromatic N) is 5. The number of fused-ring (bicyclic) bond motifs is 1. The minimum absolute atomic E-state index is 0.0247. The van der Waals surface area contributed by atoms with Crippen LogP contribution in [0.3, 0.4) is 0 Å². The van der Waals surface area contributed by atoms with Crippen molar-refractivity contribution >= 4 is 23.4 Å². The first-order chi connectivity index (χ1) is 14.2. The van der Waals surface area contributed by atoms with Gasteiger partial charge in [0.15, 0.2) is 10.9 Å². The maximum absolute atomic E-state index is 12.5. The molecule has 0 bridgehead atoms. The smallest absolute Gasteiger partial charge is 0.267 e. The average Bonchev–Trinajstić information content (AvgIpc) is 3.48. The fourth-order valence-electron chi connectivity index (χ4n) is 3.08. The Kier molecular flexibility index (Phi) is 4.24. The van der Waals surface area contributed by atoms with Gasteiger partial charge in [-0.2, -0.15) is 0 Å². The second-order valence-corrected chi connectivity index (χ2v) is 7.33. The summed E-state index contributed by atoms with van der Waals surface area (Å²) in [5.41, 5.74) is 1.72. The number of carbonyl (C=O) groups excluding carboxylic acids is 1. The molecular weight excluding hydrogens is 392 g/mol. The van der Waals surface area contributed by atoms with Crippen molar-refractivity contribution in [2.24, 2.45) is 0 Å². The minimum Gasteiger partial charge on any atom is -0.463 e. The van der Waals surface area contributed by atoms with Gasteiger partial charge in [0, 0.05) is 24.2 Å². The van der Waals surface area contributed by atoms with Crippen molar-refractivity contribution in [1.82, 2.24) is 24.5 Å². The second-order valence-electron chi connectivity index (χ2n) is 6.27. The summed E-state index contributed by atoms with van der Waals surface area (Å²) >= 11 is 1.51. The van der Waals surface area contributed by atoms with E-state index >= 15 is 0 Å². The lowest BCUT2D eigenvalue weighted by Gasteiger charge is -2.08. The maximum Gasteiger partial charge on any atom is 0.267 e. The molecule has 0 spiro atoms. The first-order valence-corrected chi connectivity index (χ1v) is 9.78. The van der Waals surface area contributed by atoms with Gasteiger partial charge in [-0.15, -0.1) is 5.10 Å². The summed E-state index contributed by atoms with van der Waals surface area (Å²) < 4.78 is 8.58. The molecule has 1 aliphatic rings. The highest BCUT2D eigenvalue weighted by molar-refractivity contribution is 7.99. The first-order valence-electron chi connectivity index (χ1n) is 8.80. The molecule has 4 aromatic rings. The van der Waals surface area contributed by atoms with Crippen LogP contribution >= 0.6 is 11.8 Å². The van der Waals surface area contributed by atoms with Gasteiger partial charge in [0.2, 0.25) is 0 Å². The fourth-order valence-corrected chi connectivity index (χ4v) is 3.99. The Bertz CT molecular complexity index is 1240. The van der Waals surface area contributed by atoms with Gasteiger partial charge in [-0.1, -0.05) is 17.0 Å². The van der Waals surface area contributed by atoms with Gasteiger partial charge in [-0.05, 0) is 36.4 Å². The Balaban J connectivity index is 1.38. The predicted octanol–water partition coefficient (Wildman–Crippen LogP) is 2.44. The second kappa shape index (κ2) is 7.06. The summed E-state index contributed by atoms with van der Waals surface area (Å²) in [6.45, 7) is 0.567. The molecule has 0 saturated carbocycles. The average molecular weight is 406 g/mol. The summed E-state index contributed by atoms with van der Waals surface area (Å²) in [5, 5.41) is 11.4. The van der Waals surface area contributed by atoms with Gasteiger partial charge < -0.3 is 9.73 Å². The summed E-state index contributed by atoms with van der Waals surface area (Å²) in [6, 6.07) is 10.7. The molecule has 0 unspecified atom stereocenters. The molecular formula is C19H14N6O3S. The number of furan rings is 1. The quantitative estimate of drug-likeness (QED) is 0.519. The Morgan fingerprint density at radius 1 is 1.17 bits per heavy atom. The number of benzene rings is 1. The standard InChI is InChI=1S/C19H14N6O3S/c26-17(14-10-20-19-24(18(14)27)7-9-29-19)22-12-3-5-13(6-4-12)25-15(11-21-23-25)16-2-1-8-28-16/h1-6,8,10-11H,7,9H2,(H,22,26). The zero-order valence-corrected chi connectivity index (χ0v) is 15.8. The molecule has 0 fully saturated rings. The van der Waals surface area contributed by atoms with Crippen LogP contribution in [0.4, 0.5) is 5.69 Å². The molecule has 3 aromatic heterocycles. The van der Waals surface area contributed by atoms with E-state index in [4.69, 9.17) is 4.42 Å². The van der Waals surface area contributed by atoms with Crippen LogP contribution in [0.25, 0.3) is 17.1 Å². The SMILES string of the molecule is O=C(Nc1ccc(-n2nncc2-c2ccco2)cc1)c1cnc2n(c1=O)CCS2. The van der Waals surface area contributed by atoms with Crippen LogP contribution in [-0.4, -0.2) is 36.2 Å². The number of anilines is 1. The van der Waals surface area contributed by atoms with Gasteiger partial charge in [0.1, 0.15) is 11.3 Å². The zero-order valence-electron chi connectivity index (χ0n) is 15.0. The van der Waals surface area contributed by atoms with Gasteiger partial charge >= 0.3 is 0 Å². The van der Waals surface area contributed by atoms with E-state index in [1.165, 1.54) is 22.5 Å². The number of aromatic nitrogens is 5. The largest absolute Gasteiger partial charge is 0.463 e. The van der Waals surface area contributed by atoms with E-state index in [0.29, 0.717) is 28.8 Å². The van der Waals surface area contributed by atoms with Crippen LogP contribution in [0.1, 0.15) is 10.4 Å². The lowest BCUT2D eigenvalue weighted by molar-refractivity contribution is 0.102. The molecule has 0 aliphatic carbocycles. The first kappa shape index (κ1) is 17.4. The molecule has 1 N–H and O–H groups in total. The highest BCUT2D eigenvalue weighted by Gasteiger charge is 2.20. The molecule has 5 rings (SSSR count). The van der Waals surface area contributed by atoms with Gasteiger partial charge in [0.25, 0.3) is 11.5 Å². The van der Waals surface area contributed by atoms with Crippen molar-refractivity contribution in [3.63, 3.8) is 0 Å². The zero-order chi connectivity index (χ0) is 19.8. The maximum atomic E-state index is 12.5. The fraction of sp³-hybridized carbons (Fsp3) is 0.105. The van der Waals surface area contributed by atoms with E-state index in [0.717, 1.165) is 11.4 Å². The number of carbonyl (C=O) groups is 1. The molecule has 0 saturated heterocycles. The number of thioether (sulfide) groups is 1. The van der Waals surface area contributed by atoms with Crippen LogP contribution in [0, 0.1) is 0 Å². The lowest BCUT2D eigenvalue weighted by atomic mass is 10.2. The van der Waals surface area contributed by atoms with Gasteiger partial charge in [-0.25, -0.2) is 9.67 Å². The molecule has 9 nitrogen and oxygen atoms in total. The molecule has 10 heteroatoms. The van der Waals surface area contributed by atoms with Crippen molar-refractivity contribution in [3.8, 4) is 17.1 Å². The normalized spacial score (nSPS) is 12.7. The molecule has 1 aromatic carbocycles. The van der Waals surface area contributed by atoms with Crippen molar-refractivity contribution in [1.29, 1.82) is 0 Å². The van der Waals surface area contributed by atoms with E-state index in [2.05, 4.69) is 20.6 Å². The van der Waals surface area contributed by atoms with E-state index in [1.807, 2.05) is 6.07 Å². The molecule has 0 atom stereocenters. The van der Waals surface area contributed by atoms with Crippen molar-refractivity contribution in [2.45, 2.75) is 11.7 Å². The Morgan fingerprint density at radius 3 is 2.83 bits per heavy atom. The van der Waals surface area contributed by atoms with Crippen LogP contribution in [0.5, 0.6) is 0 Å². The summed E-state index contributed by atoms with van der Waals surface area (Å²) in [7, 11) is 0. The number of hydrogen-bond donors (Lipinski definition) is 1. The lowest BCUT2D eigenvalue weighted by Crippen LogP contribution is -2.29. The molecule has 4 heterocycles.